The number of pyridine rings is 1. The highest BCUT2D eigenvalue weighted by atomic mass is 15.3. The van der Waals surface area contributed by atoms with E-state index in [1.54, 1.807) is 0 Å². The second-order valence-electron chi connectivity index (χ2n) is 9.60. The Morgan fingerprint density at radius 1 is 1.06 bits per heavy atom. The van der Waals surface area contributed by atoms with E-state index in [4.69, 9.17) is 17.0 Å². The molecule has 1 aliphatic carbocycles. The summed E-state index contributed by atoms with van der Waals surface area (Å²) in [6.45, 7) is 11.5. The largest absolute Gasteiger partial charge is 0.365 e. The Hall–Kier alpha value is -3.73. The summed E-state index contributed by atoms with van der Waals surface area (Å²) in [5, 5.41) is 7.38. The Labute approximate surface area is 200 Å². The zero-order valence-electron chi connectivity index (χ0n) is 19.5. The number of fused-ring (bicyclic) bond motifs is 2. The molecule has 1 aliphatic rings. The highest BCUT2D eigenvalue weighted by Gasteiger charge is 2.32. The molecule has 5 heteroatoms. The third kappa shape index (κ3) is 3.71. The van der Waals surface area contributed by atoms with Gasteiger partial charge in [0.05, 0.1) is 23.3 Å². The molecule has 1 fully saturated rings. The SMILES string of the molecule is [CH]c1ccc(-c2cnc3c(N(CC(C)C)C4CC4)cc(-c4cccc5cnccc45)nn23)cc1. The number of hydrogen-bond donors (Lipinski definition) is 0. The van der Waals surface area contributed by atoms with E-state index in [9.17, 15) is 0 Å². The monoisotopic (exact) mass is 445 g/mol. The molecule has 0 aliphatic heterocycles. The van der Waals surface area contributed by atoms with Gasteiger partial charge in [0.2, 0.25) is 0 Å². The quantitative estimate of drug-likeness (QED) is 0.308. The molecule has 2 radical (unpaired) electrons. The molecule has 0 N–H and O–H groups in total. The summed E-state index contributed by atoms with van der Waals surface area (Å²) in [7, 11) is 0. The summed E-state index contributed by atoms with van der Waals surface area (Å²) in [5.41, 5.74) is 6.82. The molecule has 0 unspecified atom stereocenters. The summed E-state index contributed by atoms with van der Waals surface area (Å²) >= 11 is 0. The predicted molar refractivity (Wildman–Crippen MR) is 138 cm³/mol. The molecule has 6 rings (SSSR count). The Morgan fingerprint density at radius 3 is 2.65 bits per heavy atom. The van der Waals surface area contributed by atoms with Gasteiger partial charge in [-0.05, 0) is 48.8 Å². The second kappa shape index (κ2) is 8.24. The maximum atomic E-state index is 5.95. The molecular weight excluding hydrogens is 418 g/mol. The fourth-order valence-corrected chi connectivity index (χ4v) is 4.72. The van der Waals surface area contributed by atoms with Crippen LogP contribution in [0.5, 0.6) is 0 Å². The smallest absolute Gasteiger partial charge is 0.177 e. The van der Waals surface area contributed by atoms with Gasteiger partial charge in [0.1, 0.15) is 0 Å². The van der Waals surface area contributed by atoms with Crippen LogP contribution in [0.15, 0.2) is 73.2 Å². The molecule has 3 heterocycles. The second-order valence-corrected chi connectivity index (χ2v) is 9.60. The minimum absolute atomic E-state index is 0.549. The molecule has 0 bridgehead atoms. The molecule has 2 aromatic carbocycles. The van der Waals surface area contributed by atoms with E-state index in [1.165, 1.54) is 12.8 Å². The van der Waals surface area contributed by atoms with Gasteiger partial charge in [-0.2, -0.15) is 5.10 Å². The van der Waals surface area contributed by atoms with Gasteiger partial charge in [-0.1, -0.05) is 56.3 Å². The average molecular weight is 446 g/mol. The first kappa shape index (κ1) is 20.8. The van der Waals surface area contributed by atoms with Gasteiger partial charge in [-0.15, -0.1) is 0 Å². The van der Waals surface area contributed by atoms with Crippen molar-refractivity contribution in [3.63, 3.8) is 0 Å². The minimum Gasteiger partial charge on any atom is -0.365 e. The zero-order valence-corrected chi connectivity index (χ0v) is 19.5. The molecular formula is C29H27N5. The van der Waals surface area contributed by atoms with E-state index in [0.29, 0.717) is 12.0 Å². The van der Waals surface area contributed by atoms with E-state index in [1.807, 2.05) is 47.4 Å². The third-order valence-electron chi connectivity index (χ3n) is 6.47. The van der Waals surface area contributed by atoms with Crippen LogP contribution in [0, 0.1) is 12.8 Å². The lowest BCUT2D eigenvalue weighted by Crippen LogP contribution is -2.30. The highest BCUT2D eigenvalue weighted by molar-refractivity contribution is 5.96. The summed E-state index contributed by atoms with van der Waals surface area (Å²) in [6, 6.07) is 19.1. The lowest BCUT2D eigenvalue weighted by Gasteiger charge is -2.27. The van der Waals surface area contributed by atoms with Crippen LogP contribution < -0.4 is 4.90 Å². The summed E-state index contributed by atoms with van der Waals surface area (Å²) in [6.07, 6.45) is 8.13. The van der Waals surface area contributed by atoms with E-state index in [0.717, 1.165) is 56.7 Å². The molecule has 168 valence electrons. The van der Waals surface area contributed by atoms with Crippen molar-refractivity contribution in [2.75, 3.05) is 11.4 Å². The number of imidazole rings is 1. The molecule has 0 spiro atoms. The van der Waals surface area contributed by atoms with Crippen LogP contribution in [0.25, 0.3) is 38.9 Å². The number of nitrogens with zero attached hydrogens (tertiary/aromatic N) is 5. The maximum absolute atomic E-state index is 5.95. The van der Waals surface area contributed by atoms with Gasteiger partial charge >= 0.3 is 0 Å². The van der Waals surface area contributed by atoms with Gasteiger partial charge in [-0.25, -0.2) is 9.50 Å². The first-order chi connectivity index (χ1) is 16.6. The molecule has 5 nitrogen and oxygen atoms in total. The van der Waals surface area contributed by atoms with Crippen LogP contribution in [0.4, 0.5) is 5.69 Å². The molecule has 3 aromatic heterocycles. The van der Waals surface area contributed by atoms with Crippen molar-refractivity contribution >= 4 is 22.1 Å². The van der Waals surface area contributed by atoms with E-state index < -0.39 is 0 Å². The van der Waals surface area contributed by atoms with Crippen LogP contribution in [-0.2, 0) is 0 Å². The fraction of sp³-hybridized carbons (Fsp3) is 0.241. The number of anilines is 1. The summed E-state index contributed by atoms with van der Waals surface area (Å²) in [5.74, 6) is 0.549. The van der Waals surface area contributed by atoms with Gasteiger partial charge in [0.25, 0.3) is 0 Å². The van der Waals surface area contributed by atoms with Gasteiger partial charge in [0.15, 0.2) is 5.65 Å². The number of hydrogen-bond acceptors (Lipinski definition) is 4. The first-order valence-corrected chi connectivity index (χ1v) is 11.9. The molecule has 34 heavy (non-hydrogen) atoms. The topological polar surface area (TPSA) is 46.3 Å². The standard InChI is InChI=1S/C29H27N5/c1-19(2)18-33(23-11-12-23)27-15-26(25-6-4-5-22-16-30-14-13-24(22)25)32-34-28(17-31-29(27)34)21-9-7-20(3)8-10-21/h3-10,13-17,19,23H,11-12,18H2,1-2H3. The van der Waals surface area contributed by atoms with E-state index in [-0.39, 0.29) is 0 Å². The highest BCUT2D eigenvalue weighted by Crippen LogP contribution is 2.38. The Bertz CT molecular complexity index is 1470. The maximum Gasteiger partial charge on any atom is 0.177 e. The molecule has 5 aromatic rings. The Morgan fingerprint density at radius 2 is 1.88 bits per heavy atom. The van der Waals surface area contributed by atoms with Crippen molar-refractivity contribution in [3.8, 4) is 22.5 Å². The average Bonchev–Trinajstić information content (AvgIpc) is 3.61. The van der Waals surface area contributed by atoms with Crippen molar-refractivity contribution < 1.29 is 0 Å². The number of aromatic nitrogens is 4. The van der Waals surface area contributed by atoms with Crippen molar-refractivity contribution in [1.29, 1.82) is 0 Å². The lowest BCUT2D eigenvalue weighted by atomic mass is 10.0. The molecule has 0 saturated heterocycles. The van der Waals surface area contributed by atoms with Crippen LogP contribution in [0.3, 0.4) is 0 Å². The van der Waals surface area contributed by atoms with Crippen molar-refractivity contribution in [2.45, 2.75) is 32.7 Å². The normalized spacial score (nSPS) is 13.8. The van der Waals surface area contributed by atoms with Crippen LogP contribution in [0.1, 0.15) is 32.3 Å². The minimum atomic E-state index is 0.549. The zero-order chi connectivity index (χ0) is 23.2. The van der Waals surface area contributed by atoms with Gasteiger partial charge in [0, 0.05) is 41.5 Å². The van der Waals surface area contributed by atoms with Crippen LogP contribution in [0.2, 0.25) is 0 Å². The first-order valence-electron chi connectivity index (χ1n) is 11.9. The number of benzene rings is 2. The Balaban J connectivity index is 1.62. The number of rotatable bonds is 6. The van der Waals surface area contributed by atoms with Crippen molar-refractivity contribution in [2.24, 2.45) is 5.92 Å². The Kier molecular flexibility index (Phi) is 5.05. The van der Waals surface area contributed by atoms with E-state index >= 15 is 0 Å². The van der Waals surface area contributed by atoms with Gasteiger partial charge in [-0.3, -0.25) is 4.98 Å². The van der Waals surface area contributed by atoms with Gasteiger partial charge < -0.3 is 4.90 Å². The van der Waals surface area contributed by atoms with Crippen molar-refractivity contribution in [1.82, 2.24) is 19.6 Å². The molecule has 0 atom stereocenters. The van der Waals surface area contributed by atoms with Crippen LogP contribution >= 0.6 is 0 Å². The summed E-state index contributed by atoms with van der Waals surface area (Å²) < 4.78 is 2.01. The third-order valence-corrected chi connectivity index (χ3v) is 6.47. The molecule has 0 amide bonds. The predicted octanol–water partition coefficient (Wildman–Crippen LogP) is 6.30. The van der Waals surface area contributed by atoms with Crippen molar-refractivity contribution in [3.05, 3.63) is 85.7 Å². The fourth-order valence-electron chi connectivity index (χ4n) is 4.72. The van der Waals surface area contributed by atoms with E-state index in [2.05, 4.69) is 54.1 Å². The lowest BCUT2D eigenvalue weighted by molar-refractivity contribution is 0.607. The summed E-state index contributed by atoms with van der Waals surface area (Å²) in [4.78, 5) is 11.7. The van der Waals surface area contributed by atoms with Crippen LogP contribution in [-0.4, -0.2) is 32.2 Å². The molecule has 1 saturated carbocycles.